The van der Waals surface area contributed by atoms with E-state index in [-0.39, 0.29) is 31.0 Å². The maximum absolute atomic E-state index is 11.9. The standard InChI is InChI=1S/C13H16N2O5/c1-3-12(16)14(7-6-13(17)18)11-8-10(15(19)20)5-4-9(11)2/h4-5,8H,3,6-7H2,1-2H3,(H,17,18). The first kappa shape index (κ1) is 15.6. The van der Waals surface area contributed by atoms with Crippen molar-refractivity contribution in [2.45, 2.75) is 26.7 Å². The molecule has 0 aliphatic carbocycles. The van der Waals surface area contributed by atoms with E-state index in [0.29, 0.717) is 11.3 Å². The van der Waals surface area contributed by atoms with Gasteiger partial charge in [-0.05, 0) is 12.5 Å². The molecule has 20 heavy (non-hydrogen) atoms. The molecule has 0 aliphatic heterocycles. The molecule has 0 saturated heterocycles. The highest BCUT2D eigenvalue weighted by Crippen LogP contribution is 2.26. The molecule has 108 valence electrons. The number of nitro groups is 1. The van der Waals surface area contributed by atoms with Crippen LogP contribution in [0, 0.1) is 17.0 Å². The fraction of sp³-hybridized carbons (Fsp3) is 0.385. The summed E-state index contributed by atoms with van der Waals surface area (Å²) in [5, 5.41) is 19.5. The quantitative estimate of drug-likeness (QED) is 0.635. The molecule has 1 rings (SSSR count). The first-order valence-electron chi connectivity index (χ1n) is 6.14. The van der Waals surface area contributed by atoms with Crippen LogP contribution in [0.4, 0.5) is 11.4 Å². The van der Waals surface area contributed by atoms with Gasteiger partial charge in [-0.3, -0.25) is 19.7 Å². The number of nitro benzene ring substituents is 1. The summed E-state index contributed by atoms with van der Waals surface area (Å²) in [6.45, 7) is 3.36. The Balaban J connectivity index is 3.18. The van der Waals surface area contributed by atoms with Gasteiger partial charge in [0.15, 0.2) is 0 Å². The summed E-state index contributed by atoms with van der Waals surface area (Å²) in [5.74, 6) is -1.29. The van der Waals surface area contributed by atoms with Crippen LogP contribution in [0.25, 0.3) is 0 Å². The van der Waals surface area contributed by atoms with Crippen LogP contribution in [0.1, 0.15) is 25.3 Å². The molecule has 0 spiro atoms. The summed E-state index contributed by atoms with van der Waals surface area (Å²) in [6.07, 6.45) is -0.0182. The molecule has 0 aliphatic rings. The van der Waals surface area contributed by atoms with E-state index >= 15 is 0 Å². The van der Waals surface area contributed by atoms with Crippen LogP contribution in [0.15, 0.2) is 18.2 Å². The number of rotatable bonds is 6. The highest BCUT2D eigenvalue weighted by atomic mass is 16.6. The van der Waals surface area contributed by atoms with Gasteiger partial charge in [-0.15, -0.1) is 0 Å². The summed E-state index contributed by atoms with van der Waals surface area (Å²) >= 11 is 0. The maximum Gasteiger partial charge on any atom is 0.305 e. The van der Waals surface area contributed by atoms with Crippen LogP contribution in [-0.2, 0) is 9.59 Å². The van der Waals surface area contributed by atoms with E-state index in [1.165, 1.54) is 17.0 Å². The van der Waals surface area contributed by atoms with Gasteiger partial charge in [-0.2, -0.15) is 0 Å². The van der Waals surface area contributed by atoms with Gasteiger partial charge in [0.05, 0.1) is 17.0 Å². The zero-order valence-corrected chi connectivity index (χ0v) is 11.3. The molecule has 0 fully saturated rings. The number of amides is 1. The Bertz CT molecular complexity index is 542. The molecule has 0 aromatic heterocycles. The Hall–Kier alpha value is -2.44. The number of hydrogen-bond donors (Lipinski definition) is 1. The van der Waals surface area contributed by atoms with Crippen LogP contribution in [0.2, 0.25) is 0 Å². The van der Waals surface area contributed by atoms with Gasteiger partial charge in [0.2, 0.25) is 5.91 Å². The second kappa shape index (κ2) is 6.65. The van der Waals surface area contributed by atoms with Crippen LogP contribution in [0.5, 0.6) is 0 Å². The monoisotopic (exact) mass is 280 g/mol. The van der Waals surface area contributed by atoms with Gasteiger partial charge in [-0.1, -0.05) is 13.0 Å². The van der Waals surface area contributed by atoms with Crippen molar-refractivity contribution in [1.29, 1.82) is 0 Å². The zero-order valence-electron chi connectivity index (χ0n) is 11.3. The summed E-state index contributed by atoms with van der Waals surface area (Å²) < 4.78 is 0. The number of non-ortho nitro benzene ring substituents is 1. The summed E-state index contributed by atoms with van der Waals surface area (Å²) in [6, 6.07) is 4.19. The van der Waals surface area contributed by atoms with Crippen molar-refractivity contribution in [2.24, 2.45) is 0 Å². The van der Waals surface area contributed by atoms with Crippen molar-refractivity contribution in [1.82, 2.24) is 0 Å². The third-order valence-electron chi connectivity index (χ3n) is 2.85. The van der Waals surface area contributed by atoms with E-state index in [0.717, 1.165) is 0 Å². The molecule has 1 aromatic rings. The molecule has 0 heterocycles. The molecule has 0 atom stereocenters. The minimum atomic E-state index is -1.03. The number of benzene rings is 1. The molecule has 0 bridgehead atoms. The van der Waals surface area contributed by atoms with Crippen molar-refractivity contribution in [3.05, 3.63) is 33.9 Å². The fourth-order valence-electron chi connectivity index (χ4n) is 1.78. The van der Waals surface area contributed by atoms with Crippen molar-refractivity contribution in [3.8, 4) is 0 Å². The van der Waals surface area contributed by atoms with E-state index < -0.39 is 10.9 Å². The predicted molar refractivity (Wildman–Crippen MR) is 72.7 cm³/mol. The minimum Gasteiger partial charge on any atom is -0.481 e. The smallest absolute Gasteiger partial charge is 0.305 e. The lowest BCUT2D eigenvalue weighted by Gasteiger charge is -2.23. The van der Waals surface area contributed by atoms with Gasteiger partial charge in [-0.25, -0.2) is 0 Å². The minimum absolute atomic E-state index is 0.00991. The summed E-state index contributed by atoms with van der Waals surface area (Å²) in [4.78, 5) is 34.1. The molecule has 0 radical (unpaired) electrons. The van der Waals surface area contributed by atoms with Crippen molar-refractivity contribution in [3.63, 3.8) is 0 Å². The van der Waals surface area contributed by atoms with E-state index in [1.807, 2.05) is 0 Å². The molecule has 1 amide bonds. The van der Waals surface area contributed by atoms with Gasteiger partial charge >= 0.3 is 5.97 Å². The molecular formula is C13H16N2O5. The number of hydrogen-bond acceptors (Lipinski definition) is 4. The number of carboxylic acid groups (broad SMARTS) is 1. The van der Waals surface area contributed by atoms with E-state index in [2.05, 4.69) is 0 Å². The highest BCUT2D eigenvalue weighted by molar-refractivity contribution is 5.94. The van der Waals surface area contributed by atoms with Crippen LogP contribution in [0.3, 0.4) is 0 Å². The number of nitrogens with zero attached hydrogens (tertiary/aromatic N) is 2. The average Bonchev–Trinajstić information content (AvgIpc) is 2.39. The first-order valence-corrected chi connectivity index (χ1v) is 6.14. The lowest BCUT2D eigenvalue weighted by atomic mass is 10.1. The number of carbonyl (C=O) groups is 2. The third-order valence-corrected chi connectivity index (χ3v) is 2.85. The van der Waals surface area contributed by atoms with Crippen LogP contribution < -0.4 is 4.90 Å². The highest BCUT2D eigenvalue weighted by Gasteiger charge is 2.19. The molecule has 7 nitrogen and oxygen atoms in total. The van der Waals surface area contributed by atoms with Gasteiger partial charge in [0.1, 0.15) is 0 Å². The second-order valence-corrected chi connectivity index (χ2v) is 4.27. The molecule has 7 heteroatoms. The number of aryl methyl sites for hydroxylation is 1. The SMILES string of the molecule is CCC(=O)N(CCC(=O)O)c1cc([N+](=O)[O-])ccc1C. The van der Waals surface area contributed by atoms with Gasteiger partial charge in [0.25, 0.3) is 5.69 Å². The largest absolute Gasteiger partial charge is 0.481 e. The first-order chi connectivity index (χ1) is 9.36. The normalized spacial score (nSPS) is 10.1. The predicted octanol–water partition coefficient (Wildman–Crippen LogP) is 2.12. The van der Waals surface area contributed by atoms with E-state index in [9.17, 15) is 19.7 Å². The third kappa shape index (κ3) is 3.78. The van der Waals surface area contributed by atoms with E-state index in [4.69, 9.17) is 5.11 Å². The zero-order chi connectivity index (χ0) is 15.3. The van der Waals surface area contributed by atoms with Crippen molar-refractivity contribution >= 4 is 23.3 Å². The Morgan fingerprint density at radius 3 is 2.55 bits per heavy atom. The molecule has 1 aromatic carbocycles. The van der Waals surface area contributed by atoms with Crippen molar-refractivity contribution < 1.29 is 19.6 Å². The fourth-order valence-corrected chi connectivity index (χ4v) is 1.78. The van der Waals surface area contributed by atoms with E-state index in [1.54, 1.807) is 19.9 Å². The molecule has 1 N–H and O–H groups in total. The van der Waals surface area contributed by atoms with Gasteiger partial charge in [0, 0.05) is 25.1 Å². The number of carboxylic acids is 1. The molecular weight excluding hydrogens is 264 g/mol. The second-order valence-electron chi connectivity index (χ2n) is 4.27. The Labute approximate surface area is 116 Å². The lowest BCUT2D eigenvalue weighted by Crippen LogP contribution is -2.33. The topological polar surface area (TPSA) is 101 Å². The number of anilines is 1. The van der Waals surface area contributed by atoms with Crippen LogP contribution >= 0.6 is 0 Å². The Morgan fingerprint density at radius 1 is 1.40 bits per heavy atom. The lowest BCUT2D eigenvalue weighted by molar-refractivity contribution is -0.384. The Morgan fingerprint density at radius 2 is 2.05 bits per heavy atom. The average molecular weight is 280 g/mol. The molecule has 0 saturated carbocycles. The number of carbonyl (C=O) groups excluding carboxylic acids is 1. The maximum atomic E-state index is 11.9. The number of aliphatic carboxylic acids is 1. The van der Waals surface area contributed by atoms with Crippen LogP contribution in [-0.4, -0.2) is 28.5 Å². The van der Waals surface area contributed by atoms with Gasteiger partial charge < -0.3 is 10.0 Å². The summed E-state index contributed by atoms with van der Waals surface area (Å²) in [5.41, 5.74) is 0.935. The molecule has 0 unspecified atom stereocenters. The summed E-state index contributed by atoms with van der Waals surface area (Å²) in [7, 11) is 0. The Kier molecular flexibility index (Phi) is 5.19. The van der Waals surface area contributed by atoms with Crippen molar-refractivity contribution in [2.75, 3.05) is 11.4 Å².